The Bertz CT molecular complexity index is 575. The van der Waals surface area contributed by atoms with Gasteiger partial charge >= 0.3 is 5.97 Å². The summed E-state index contributed by atoms with van der Waals surface area (Å²) >= 11 is 11.8. The van der Waals surface area contributed by atoms with E-state index >= 15 is 0 Å². The van der Waals surface area contributed by atoms with Gasteiger partial charge in [0.25, 0.3) is 5.91 Å². The maximum Gasteiger partial charge on any atom is 0.326 e. The monoisotopic (exact) mass is 299 g/mol. The summed E-state index contributed by atoms with van der Waals surface area (Å²) in [4.78, 5) is 25.1. The van der Waals surface area contributed by atoms with Crippen LogP contribution in [0.2, 0.25) is 10.0 Å². The van der Waals surface area contributed by atoms with Gasteiger partial charge in [0.1, 0.15) is 6.04 Å². The minimum Gasteiger partial charge on any atom is -0.480 e. The van der Waals surface area contributed by atoms with Gasteiger partial charge in [0, 0.05) is 11.6 Å². The Hall–Kier alpha value is -1.26. The van der Waals surface area contributed by atoms with Gasteiger partial charge in [-0.25, -0.2) is 4.79 Å². The number of carboxylic acids is 1. The highest BCUT2D eigenvalue weighted by molar-refractivity contribution is 6.36. The average Bonchev–Trinajstić information content (AvgIpc) is 2.98. The molecule has 1 saturated carbocycles. The molecule has 0 spiro atoms. The van der Waals surface area contributed by atoms with Gasteiger partial charge in [-0.15, -0.1) is 0 Å². The number of benzene rings is 1. The summed E-state index contributed by atoms with van der Waals surface area (Å²) < 4.78 is 0. The standard InChI is InChI=1S/C13H11Cl2NO3/c14-7-1-2-8(10(15)4-7)12(17)16-5-6-3-9(6)11(16)13(18)19/h1-2,4,6,9,11H,3,5H2,(H,18,19)/t6-,9+,11+/m1/s1. The van der Waals surface area contributed by atoms with Gasteiger partial charge in [-0.3, -0.25) is 4.79 Å². The fourth-order valence-electron chi connectivity index (χ4n) is 2.81. The third-order valence-corrected chi connectivity index (χ3v) is 4.37. The molecule has 1 amide bonds. The highest BCUT2D eigenvalue weighted by Crippen LogP contribution is 2.50. The first-order valence-electron chi connectivity index (χ1n) is 5.98. The van der Waals surface area contributed by atoms with Gasteiger partial charge in [-0.05, 0) is 36.5 Å². The summed E-state index contributed by atoms with van der Waals surface area (Å²) in [5.74, 6) is -0.839. The number of fused-ring (bicyclic) bond motifs is 1. The van der Waals surface area contributed by atoms with E-state index in [4.69, 9.17) is 23.2 Å². The lowest BCUT2D eigenvalue weighted by atomic mass is 10.1. The molecule has 1 aliphatic carbocycles. The summed E-state index contributed by atoms with van der Waals surface area (Å²) in [5.41, 5.74) is 0.304. The minimum atomic E-state index is -0.941. The molecule has 0 aromatic heterocycles. The lowest BCUT2D eigenvalue weighted by Gasteiger charge is -2.24. The van der Waals surface area contributed by atoms with Gasteiger partial charge in [0.2, 0.25) is 0 Å². The first kappa shape index (κ1) is 12.8. The summed E-state index contributed by atoms with van der Waals surface area (Å²) in [6.07, 6.45) is 0.898. The number of nitrogens with zero attached hydrogens (tertiary/aromatic N) is 1. The largest absolute Gasteiger partial charge is 0.480 e. The summed E-state index contributed by atoms with van der Waals surface area (Å²) in [6.45, 7) is 0.499. The van der Waals surface area contributed by atoms with E-state index in [9.17, 15) is 14.7 Å². The van der Waals surface area contributed by atoms with Crippen molar-refractivity contribution in [1.82, 2.24) is 4.90 Å². The fourth-order valence-corrected chi connectivity index (χ4v) is 3.30. The fraction of sp³-hybridized carbons (Fsp3) is 0.385. The number of carbonyl (C=O) groups is 2. The highest BCUT2D eigenvalue weighted by atomic mass is 35.5. The van der Waals surface area contributed by atoms with E-state index in [0.29, 0.717) is 23.0 Å². The van der Waals surface area contributed by atoms with E-state index in [0.717, 1.165) is 6.42 Å². The van der Waals surface area contributed by atoms with Crippen LogP contribution in [0.3, 0.4) is 0 Å². The topological polar surface area (TPSA) is 57.6 Å². The quantitative estimate of drug-likeness (QED) is 0.913. The van der Waals surface area contributed by atoms with Crippen molar-refractivity contribution >= 4 is 35.1 Å². The molecule has 1 aromatic rings. The smallest absolute Gasteiger partial charge is 0.326 e. The van der Waals surface area contributed by atoms with Gasteiger partial charge in [-0.2, -0.15) is 0 Å². The number of hydrogen-bond donors (Lipinski definition) is 1. The molecule has 2 aliphatic rings. The van der Waals surface area contributed by atoms with E-state index in [2.05, 4.69) is 0 Å². The van der Waals surface area contributed by atoms with Crippen LogP contribution in [0.4, 0.5) is 0 Å². The SMILES string of the molecule is O=C(O)[C@@H]1[C@H]2C[C@@H]2CN1C(=O)c1ccc(Cl)cc1Cl. The number of carbonyl (C=O) groups excluding carboxylic acids is 1. The van der Waals surface area contributed by atoms with Crippen molar-refractivity contribution in [1.29, 1.82) is 0 Å². The number of amides is 1. The molecule has 2 fully saturated rings. The molecule has 3 rings (SSSR count). The predicted molar refractivity (Wildman–Crippen MR) is 70.5 cm³/mol. The normalized spacial score (nSPS) is 28.1. The molecule has 1 N–H and O–H groups in total. The molecule has 0 bridgehead atoms. The summed E-state index contributed by atoms with van der Waals surface area (Å²) in [7, 11) is 0. The first-order valence-corrected chi connectivity index (χ1v) is 6.73. The van der Waals surface area contributed by atoms with Crippen molar-refractivity contribution in [2.75, 3.05) is 6.54 Å². The number of piperidine rings is 1. The molecular weight excluding hydrogens is 289 g/mol. The van der Waals surface area contributed by atoms with E-state index in [1.54, 1.807) is 6.07 Å². The van der Waals surface area contributed by atoms with E-state index in [-0.39, 0.29) is 16.8 Å². The lowest BCUT2D eigenvalue weighted by molar-refractivity contribution is -0.142. The Morgan fingerprint density at radius 2 is 2.05 bits per heavy atom. The van der Waals surface area contributed by atoms with Crippen LogP contribution < -0.4 is 0 Å². The van der Waals surface area contributed by atoms with Crippen LogP contribution in [-0.4, -0.2) is 34.5 Å². The first-order chi connectivity index (χ1) is 8.99. The van der Waals surface area contributed by atoms with Crippen molar-refractivity contribution < 1.29 is 14.7 Å². The second kappa shape index (κ2) is 4.39. The van der Waals surface area contributed by atoms with Crippen molar-refractivity contribution in [2.45, 2.75) is 12.5 Å². The van der Waals surface area contributed by atoms with Crippen molar-refractivity contribution in [3.8, 4) is 0 Å². The molecule has 0 radical (unpaired) electrons. The summed E-state index contributed by atoms with van der Waals surface area (Å²) in [5, 5.41) is 9.94. The Balaban J connectivity index is 1.89. The second-order valence-corrected chi connectivity index (χ2v) is 5.87. The van der Waals surface area contributed by atoms with Crippen molar-refractivity contribution in [2.24, 2.45) is 11.8 Å². The van der Waals surface area contributed by atoms with E-state index in [1.165, 1.54) is 17.0 Å². The van der Waals surface area contributed by atoms with E-state index < -0.39 is 12.0 Å². The van der Waals surface area contributed by atoms with Crippen LogP contribution in [0.5, 0.6) is 0 Å². The molecule has 100 valence electrons. The molecule has 6 heteroatoms. The Morgan fingerprint density at radius 1 is 1.32 bits per heavy atom. The highest BCUT2D eigenvalue weighted by Gasteiger charge is 2.57. The van der Waals surface area contributed by atoms with Gasteiger partial charge in [0.05, 0.1) is 10.6 Å². The van der Waals surface area contributed by atoms with Gasteiger partial charge in [-0.1, -0.05) is 23.2 Å². The number of rotatable bonds is 2. The molecule has 3 atom stereocenters. The van der Waals surface area contributed by atoms with Gasteiger partial charge < -0.3 is 10.0 Å². The van der Waals surface area contributed by atoms with Crippen molar-refractivity contribution in [3.05, 3.63) is 33.8 Å². The summed E-state index contributed by atoms with van der Waals surface area (Å²) in [6, 6.07) is 3.88. The van der Waals surface area contributed by atoms with Crippen LogP contribution in [0.25, 0.3) is 0 Å². The number of hydrogen-bond acceptors (Lipinski definition) is 2. The zero-order chi connectivity index (χ0) is 13.7. The van der Waals surface area contributed by atoms with Crippen LogP contribution in [-0.2, 0) is 4.79 Å². The number of aliphatic carboxylic acids is 1. The average molecular weight is 300 g/mol. The number of carboxylic acid groups (broad SMARTS) is 1. The van der Waals surface area contributed by atoms with Gasteiger partial charge in [0.15, 0.2) is 0 Å². The van der Waals surface area contributed by atoms with Crippen LogP contribution in [0, 0.1) is 11.8 Å². The lowest BCUT2D eigenvalue weighted by Crippen LogP contribution is -2.43. The third-order valence-electron chi connectivity index (χ3n) is 3.83. The number of halogens is 2. The number of likely N-dealkylation sites (tertiary alicyclic amines) is 1. The van der Waals surface area contributed by atoms with Crippen LogP contribution in [0.15, 0.2) is 18.2 Å². The van der Waals surface area contributed by atoms with Crippen LogP contribution >= 0.6 is 23.2 Å². The van der Waals surface area contributed by atoms with E-state index in [1.807, 2.05) is 0 Å². The molecule has 4 nitrogen and oxygen atoms in total. The Morgan fingerprint density at radius 3 is 2.68 bits per heavy atom. The van der Waals surface area contributed by atoms with Crippen LogP contribution in [0.1, 0.15) is 16.8 Å². The molecule has 0 unspecified atom stereocenters. The third kappa shape index (κ3) is 2.09. The zero-order valence-electron chi connectivity index (χ0n) is 9.85. The molecule has 1 heterocycles. The maximum absolute atomic E-state index is 12.4. The minimum absolute atomic E-state index is 0.104. The molecular formula is C13H11Cl2NO3. The Kier molecular flexibility index (Phi) is 2.95. The predicted octanol–water partition coefficient (Wildman–Crippen LogP) is 2.54. The second-order valence-electron chi connectivity index (χ2n) is 5.02. The zero-order valence-corrected chi connectivity index (χ0v) is 11.4. The molecule has 19 heavy (non-hydrogen) atoms. The van der Waals surface area contributed by atoms with Crippen molar-refractivity contribution in [3.63, 3.8) is 0 Å². The Labute approximate surface area is 119 Å². The maximum atomic E-state index is 12.4. The molecule has 1 aliphatic heterocycles. The molecule has 1 aromatic carbocycles. The molecule has 1 saturated heterocycles.